The molecule has 8 heteroatoms. The minimum Gasteiger partial charge on any atom is -0.480 e. The number of carbonyl (C=O) groups excluding carboxylic acids is 1. The highest BCUT2D eigenvalue weighted by Crippen LogP contribution is 1.99. The first-order chi connectivity index (χ1) is 8.71. The topological polar surface area (TPSA) is 104 Å². The van der Waals surface area contributed by atoms with Crippen LogP contribution in [0.15, 0.2) is 0 Å². The second-order valence-electron chi connectivity index (χ2n) is 4.23. The summed E-state index contributed by atoms with van der Waals surface area (Å²) in [6.45, 7) is 6.83. The van der Waals surface area contributed by atoms with Crippen molar-refractivity contribution >= 4 is 21.7 Å². The van der Waals surface area contributed by atoms with Crippen molar-refractivity contribution < 1.29 is 23.1 Å². The Morgan fingerprint density at radius 1 is 1.26 bits per heavy atom. The second kappa shape index (κ2) is 8.11. The number of carboxylic acids is 1. The summed E-state index contributed by atoms with van der Waals surface area (Å²) in [7, 11) is -3.52. The van der Waals surface area contributed by atoms with Gasteiger partial charge < -0.3 is 15.3 Å². The number of hydrogen-bond acceptors (Lipinski definition) is 5. The fraction of sp³-hybridized carbons (Fsp3) is 0.818. The number of rotatable bonds is 9. The van der Waals surface area contributed by atoms with Crippen molar-refractivity contribution in [1.82, 2.24) is 10.2 Å². The van der Waals surface area contributed by atoms with Gasteiger partial charge >= 0.3 is 5.97 Å². The minimum atomic E-state index is -3.52. The zero-order valence-electron chi connectivity index (χ0n) is 11.5. The second-order valence-corrected chi connectivity index (χ2v) is 6.46. The van der Waals surface area contributed by atoms with Crippen LogP contribution in [0, 0.1) is 0 Å². The average molecular weight is 294 g/mol. The van der Waals surface area contributed by atoms with E-state index < -0.39 is 33.5 Å². The van der Waals surface area contributed by atoms with E-state index in [0.29, 0.717) is 6.54 Å². The molecule has 7 nitrogen and oxygen atoms in total. The van der Waals surface area contributed by atoms with Crippen molar-refractivity contribution in [1.29, 1.82) is 0 Å². The van der Waals surface area contributed by atoms with Crippen LogP contribution < -0.4 is 5.32 Å². The molecule has 0 spiro atoms. The van der Waals surface area contributed by atoms with Crippen LogP contribution in [-0.2, 0) is 19.4 Å². The Morgan fingerprint density at radius 2 is 1.79 bits per heavy atom. The number of amides is 1. The van der Waals surface area contributed by atoms with Gasteiger partial charge in [-0.15, -0.1) is 0 Å². The molecule has 0 fully saturated rings. The van der Waals surface area contributed by atoms with E-state index in [2.05, 4.69) is 5.32 Å². The third kappa shape index (κ3) is 7.78. The van der Waals surface area contributed by atoms with E-state index in [1.807, 2.05) is 18.7 Å². The Balaban J connectivity index is 4.55. The molecule has 0 heterocycles. The van der Waals surface area contributed by atoms with Crippen molar-refractivity contribution in [3.05, 3.63) is 0 Å². The molecule has 0 bridgehead atoms. The molecule has 0 rings (SSSR count). The maximum absolute atomic E-state index is 11.8. The van der Waals surface area contributed by atoms with Gasteiger partial charge in [0.1, 0.15) is 6.04 Å². The zero-order chi connectivity index (χ0) is 15.1. The van der Waals surface area contributed by atoms with Crippen LogP contribution in [0.25, 0.3) is 0 Å². The summed E-state index contributed by atoms with van der Waals surface area (Å²) in [5.41, 5.74) is 0. The van der Waals surface area contributed by atoms with Crippen LogP contribution >= 0.6 is 0 Å². The summed E-state index contributed by atoms with van der Waals surface area (Å²) in [5.74, 6) is -2.60. The van der Waals surface area contributed by atoms with E-state index in [1.54, 1.807) is 0 Å². The first kappa shape index (κ1) is 17.8. The molecule has 112 valence electrons. The van der Waals surface area contributed by atoms with Gasteiger partial charge in [0, 0.05) is 13.5 Å². The molecule has 0 saturated heterocycles. The van der Waals surface area contributed by atoms with Gasteiger partial charge in [-0.3, -0.25) is 4.79 Å². The van der Waals surface area contributed by atoms with Gasteiger partial charge in [-0.05, 0) is 13.1 Å². The van der Waals surface area contributed by atoms with Gasteiger partial charge in [0.25, 0.3) is 0 Å². The summed E-state index contributed by atoms with van der Waals surface area (Å²) in [6, 6.07) is -1.39. The van der Waals surface area contributed by atoms with Crippen LogP contribution in [0.5, 0.6) is 0 Å². The van der Waals surface area contributed by atoms with Crippen molar-refractivity contribution in [2.75, 3.05) is 31.1 Å². The molecular weight excluding hydrogens is 272 g/mol. The van der Waals surface area contributed by atoms with Crippen molar-refractivity contribution in [3.63, 3.8) is 0 Å². The van der Waals surface area contributed by atoms with Gasteiger partial charge in [-0.1, -0.05) is 13.8 Å². The Labute approximate surface area is 113 Å². The summed E-state index contributed by atoms with van der Waals surface area (Å²) >= 11 is 0. The van der Waals surface area contributed by atoms with Crippen molar-refractivity contribution in [2.24, 2.45) is 0 Å². The normalized spacial score (nSPS) is 13.3. The zero-order valence-corrected chi connectivity index (χ0v) is 12.4. The summed E-state index contributed by atoms with van der Waals surface area (Å²) in [4.78, 5) is 23.6. The number of hydrogen-bond donors (Lipinski definition) is 2. The quantitative estimate of drug-likeness (QED) is 0.584. The van der Waals surface area contributed by atoms with Crippen LogP contribution in [0.2, 0.25) is 0 Å². The van der Waals surface area contributed by atoms with Crippen molar-refractivity contribution in [2.45, 2.75) is 26.8 Å². The lowest BCUT2D eigenvalue weighted by Crippen LogP contribution is -2.45. The molecule has 0 aromatic carbocycles. The smallest absolute Gasteiger partial charge is 0.327 e. The maximum Gasteiger partial charge on any atom is 0.327 e. The van der Waals surface area contributed by atoms with Crippen LogP contribution in [-0.4, -0.2) is 67.5 Å². The fourth-order valence-corrected chi connectivity index (χ4v) is 3.00. The lowest BCUT2D eigenvalue weighted by molar-refractivity contribution is -0.140. The lowest BCUT2D eigenvalue weighted by atomic mass is 10.3. The molecular formula is C11H22N2O5S. The van der Waals surface area contributed by atoms with Gasteiger partial charge in [0.15, 0.2) is 9.84 Å². The Bertz CT molecular complexity index is 403. The number of nitrogens with one attached hydrogen (secondary N) is 1. The molecule has 0 aromatic rings. The van der Waals surface area contributed by atoms with E-state index in [-0.39, 0.29) is 5.75 Å². The maximum atomic E-state index is 11.8. The number of aliphatic carboxylic acids is 1. The third-order valence-electron chi connectivity index (χ3n) is 2.71. The monoisotopic (exact) mass is 294 g/mol. The summed E-state index contributed by atoms with van der Waals surface area (Å²) < 4.78 is 23.6. The van der Waals surface area contributed by atoms with Crippen molar-refractivity contribution in [3.8, 4) is 0 Å². The van der Waals surface area contributed by atoms with E-state index >= 15 is 0 Å². The number of nitrogens with zero attached hydrogens (tertiary/aromatic N) is 1. The molecule has 2 N–H and O–H groups in total. The molecule has 0 aromatic heterocycles. The Kier molecular flexibility index (Phi) is 7.62. The highest BCUT2D eigenvalue weighted by molar-refractivity contribution is 7.91. The average Bonchev–Trinajstić information content (AvgIpc) is 2.28. The first-order valence-corrected chi connectivity index (χ1v) is 7.96. The van der Waals surface area contributed by atoms with E-state index in [9.17, 15) is 18.0 Å². The fourth-order valence-electron chi connectivity index (χ4n) is 1.57. The SMILES string of the molecule is CCN(CC)CCS(=O)(=O)CC(NC(C)=O)C(=O)O. The molecule has 1 atom stereocenters. The van der Waals surface area contributed by atoms with Gasteiger partial charge in [-0.2, -0.15) is 0 Å². The molecule has 1 amide bonds. The molecule has 1 unspecified atom stereocenters. The molecule has 0 aliphatic carbocycles. The predicted molar refractivity (Wildman–Crippen MR) is 71.7 cm³/mol. The molecule has 0 radical (unpaired) electrons. The summed E-state index contributed by atoms with van der Waals surface area (Å²) in [5, 5.41) is 11.0. The number of sulfone groups is 1. The molecule has 0 aliphatic rings. The molecule has 0 aliphatic heterocycles. The largest absolute Gasteiger partial charge is 0.480 e. The van der Waals surface area contributed by atoms with Gasteiger partial charge in [0.05, 0.1) is 11.5 Å². The van der Waals surface area contributed by atoms with Crippen LogP contribution in [0.1, 0.15) is 20.8 Å². The lowest BCUT2D eigenvalue weighted by Gasteiger charge is -2.19. The van der Waals surface area contributed by atoms with E-state index in [1.165, 1.54) is 0 Å². The minimum absolute atomic E-state index is 0.113. The van der Waals surface area contributed by atoms with Crippen LogP contribution in [0.4, 0.5) is 0 Å². The first-order valence-electron chi connectivity index (χ1n) is 6.14. The predicted octanol–water partition coefficient (Wildman–Crippen LogP) is -0.668. The Hall–Kier alpha value is -1.15. The van der Waals surface area contributed by atoms with Crippen LogP contribution in [0.3, 0.4) is 0 Å². The van der Waals surface area contributed by atoms with Gasteiger partial charge in [0.2, 0.25) is 5.91 Å². The molecule has 0 saturated carbocycles. The molecule has 19 heavy (non-hydrogen) atoms. The third-order valence-corrected chi connectivity index (χ3v) is 4.35. The summed E-state index contributed by atoms with van der Waals surface area (Å²) in [6.07, 6.45) is 0. The Morgan fingerprint density at radius 3 is 2.16 bits per heavy atom. The highest BCUT2D eigenvalue weighted by atomic mass is 32.2. The number of carbonyl (C=O) groups is 2. The van der Waals surface area contributed by atoms with Gasteiger partial charge in [-0.25, -0.2) is 13.2 Å². The highest BCUT2D eigenvalue weighted by Gasteiger charge is 2.26. The number of carboxylic acid groups (broad SMARTS) is 1. The van der Waals surface area contributed by atoms with E-state index in [4.69, 9.17) is 5.11 Å². The van der Waals surface area contributed by atoms with E-state index in [0.717, 1.165) is 20.0 Å². The standard InChI is InChI=1S/C11H22N2O5S/c1-4-13(5-2)6-7-19(17,18)8-10(11(15)16)12-9(3)14/h10H,4-8H2,1-3H3,(H,12,14)(H,15,16).